The van der Waals surface area contributed by atoms with Crippen LogP contribution in [0.4, 0.5) is 5.69 Å². The predicted octanol–water partition coefficient (Wildman–Crippen LogP) is 1.44. The molecule has 1 aromatic carbocycles. The van der Waals surface area contributed by atoms with Gasteiger partial charge < -0.3 is 15.5 Å². The third kappa shape index (κ3) is 2.89. The highest BCUT2D eigenvalue weighted by Gasteiger charge is 2.15. The molecule has 0 aliphatic carbocycles. The number of carboxylic acids is 1. The van der Waals surface area contributed by atoms with E-state index in [9.17, 15) is 14.7 Å². The minimum Gasteiger partial charge on any atom is -0.508 e. The van der Waals surface area contributed by atoms with Crippen LogP contribution in [0.15, 0.2) is 30.6 Å². The van der Waals surface area contributed by atoms with Gasteiger partial charge >= 0.3 is 5.97 Å². The number of phenols is 1. The Balaban J connectivity index is 2.28. The van der Waals surface area contributed by atoms with Crippen molar-refractivity contribution in [3.63, 3.8) is 0 Å². The second-order valence-electron chi connectivity index (χ2n) is 4.03. The van der Waals surface area contributed by atoms with E-state index in [2.05, 4.69) is 15.3 Å². The maximum Gasteiger partial charge on any atom is 0.337 e. The molecule has 102 valence electrons. The van der Waals surface area contributed by atoms with Crippen LogP contribution in [-0.2, 0) is 0 Å². The average molecular weight is 273 g/mol. The number of nitrogens with one attached hydrogen (secondary N) is 1. The second kappa shape index (κ2) is 5.35. The second-order valence-corrected chi connectivity index (χ2v) is 4.03. The molecule has 0 fully saturated rings. The van der Waals surface area contributed by atoms with Gasteiger partial charge in [-0.1, -0.05) is 0 Å². The molecule has 3 N–H and O–H groups in total. The lowest BCUT2D eigenvalue weighted by Gasteiger charge is -2.08. The molecule has 7 nitrogen and oxygen atoms in total. The Kier molecular flexibility index (Phi) is 3.60. The third-order valence-electron chi connectivity index (χ3n) is 2.50. The highest BCUT2D eigenvalue weighted by atomic mass is 16.4. The minimum absolute atomic E-state index is 0.0695. The lowest BCUT2D eigenvalue weighted by molar-refractivity contribution is 0.0697. The van der Waals surface area contributed by atoms with Crippen molar-refractivity contribution in [3.05, 3.63) is 47.5 Å². The molecule has 0 radical (unpaired) electrons. The number of benzene rings is 1. The molecule has 0 saturated carbocycles. The largest absolute Gasteiger partial charge is 0.508 e. The smallest absolute Gasteiger partial charge is 0.337 e. The first-order valence-corrected chi connectivity index (χ1v) is 5.63. The zero-order valence-corrected chi connectivity index (χ0v) is 10.5. The molecule has 1 heterocycles. The van der Waals surface area contributed by atoms with Gasteiger partial charge in [0, 0.05) is 6.20 Å². The molecule has 2 rings (SSSR count). The van der Waals surface area contributed by atoms with Crippen molar-refractivity contribution in [2.75, 3.05) is 5.32 Å². The number of carbonyl (C=O) groups excluding carboxylic acids is 1. The lowest BCUT2D eigenvalue weighted by atomic mass is 10.1. The topological polar surface area (TPSA) is 112 Å². The summed E-state index contributed by atoms with van der Waals surface area (Å²) in [5.74, 6) is -2.03. The van der Waals surface area contributed by atoms with Crippen molar-refractivity contribution in [2.24, 2.45) is 0 Å². The summed E-state index contributed by atoms with van der Waals surface area (Å²) in [7, 11) is 0. The molecule has 1 aromatic heterocycles. The number of phenolic OH excluding ortho intramolecular Hbond substituents is 1. The summed E-state index contributed by atoms with van der Waals surface area (Å²) in [5.41, 5.74) is 0.596. The molecule has 0 atom stereocenters. The minimum atomic E-state index is -1.26. The number of aromatic nitrogens is 2. The van der Waals surface area contributed by atoms with Crippen molar-refractivity contribution in [1.82, 2.24) is 9.97 Å². The third-order valence-corrected chi connectivity index (χ3v) is 2.50. The van der Waals surface area contributed by atoms with Gasteiger partial charge in [0.15, 0.2) is 0 Å². The van der Waals surface area contributed by atoms with Crippen molar-refractivity contribution in [2.45, 2.75) is 6.92 Å². The molecule has 2 aromatic rings. The standard InChI is InChI=1S/C13H11N3O4/c1-7-5-15-11(6-14-7)12(18)16-10-3-2-8(17)4-9(10)13(19)20/h2-6,17H,1H3,(H,16,18)(H,19,20). The number of hydrogen-bond acceptors (Lipinski definition) is 5. The van der Waals surface area contributed by atoms with E-state index < -0.39 is 11.9 Å². The zero-order valence-electron chi connectivity index (χ0n) is 10.5. The number of rotatable bonds is 3. The van der Waals surface area contributed by atoms with E-state index in [1.807, 2.05) is 0 Å². The fraction of sp³-hybridized carbons (Fsp3) is 0.0769. The first-order chi connectivity index (χ1) is 9.47. The number of aryl methyl sites for hydroxylation is 1. The van der Waals surface area contributed by atoms with Gasteiger partial charge in [-0.05, 0) is 25.1 Å². The summed E-state index contributed by atoms with van der Waals surface area (Å²) in [4.78, 5) is 30.8. The molecule has 20 heavy (non-hydrogen) atoms. The van der Waals surface area contributed by atoms with E-state index in [4.69, 9.17) is 5.11 Å². The Morgan fingerprint density at radius 2 is 1.95 bits per heavy atom. The summed E-state index contributed by atoms with van der Waals surface area (Å²) in [6, 6.07) is 3.64. The monoisotopic (exact) mass is 273 g/mol. The molecule has 0 saturated heterocycles. The van der Waals surface area contributed by atoms with Crippen molar-refractivity contribution in [1.29, 1.82) is 0 Å². The molecular formula is C13H11N3O4. The van der Waals surface area contributed by atoms with Gasteiger partial charge in [0.25, 0.3) is 5.91 Å². The van der Waals surface area contributed by atoms with Gasteiger partial charge in [-0.15, -0.1) is 0 Å². The Morgan fingerprint density at radius 3 is 2.55 bits per heavy atom. The molecule has 0 aliphatic rings. The number of aromatic carboxylic acids is 1. The van der Waals surface area contributed by atoms with Crippen LogP contribution >= 0.6 is 0 Å². The maximum atomic E-state index is 11.9. The number of aromatic hydroxyl groups is 1. The Hall–Kier alpha value is -2.96. The van der Waals surface area contributed by atoms with Crippen LogP contribution in [0.5, 0.6) is 5.75 Å². The van der Waals surface area contributed by atoms with Gasteiger partial charge in [-0.3, -0.25) is 9.78 Å². The Bertz CT molecular complexity index is 668. The van der Waals surface area contributed by atoms with Crippen LogP contribution in [-0.4, -0.2) is 32.1 Å². The number of hydrogen-bond donors (Lipinski definition) is 3. The molecule has 0 bridgehead atoms. The fourth-order valence-electron chi connectivity index (χ4n) is 1.51. The Labute approximate surface area is 113 Å². The van der Waals surface area contributed by atoms with Gasteiger partial charge in [0.1, 0.15) is 11.4 Å². The van der Waals surface area contributed by atoms with Crippen LogP contribution in [0.3, 0.4) is 0 Å². The molecule has 0 unspecified atom stereocenters. The van der Waals surface area contributed by atoms with Gasteiger partial charge in [-0.25, -0.2) is 9.78 Å². The first-order valence-electron chi connectivity index (χ1n) is 5.63. The van der Waals surface area contributed by atoms with E-state index in [0.29, 0.717) is 5.69 Å². The van der Waals surface area contributed by atoms with Gasteiger partial charge in [-0.2, -0.15) is 0 Å². The van der Waals surface area contributed by atoms with Crippen molar-refractivity contribution < 1.29 is 19.8 Å². The van der Waals surface area contributed by atoms with Crippen LogP contribution in [0.2, 0.25) is 0 Å². The Morgan fingerprint density at radius 1 is 1.20 bits per heavy atom. The molecule has 7 heteroatoms. The van der Waals surface area contributed by atoms with E-state index >= 15 is 0 Å². The highest BCUT2D eigenvalue weighted by molar-refractivity contribution is 6.06. The normalized spacial score (nSPS) is 10.1. The van der Waals surface area contributed by atoms with Crippen molar-refractivity contribution >= 4 is 17.6 Å². The quantitative estimate of drug-likeness (QED) is 0.729. The summed E-state index contributed by atoms with van der Waals surface area (Å²) in [6.07, 6.45) is 2.73. The number of amides is 1. The van der Waals surface area contributed by atoms with Gasteiger partial charge in [0.2, 0.25) is 0 Å². The first kappa shape index (κ1) is 13.5. The van der Waals surface area contributed by atoms with Crippen LogP contribution in [0.1, 0.15) is 26.5 Å². The molecule has 1 amide bonds. The van der Waals surface area contributed by atoms with Gasteiger partial charge in [0.05, 0.1) is 23.1 Å². The fourth-order valence-corrected chi connectivity index (χ4v) is 1.51. The van der Waals surface area contributed by atoms with Crippen molar-refractivity contribution in [3.8, 4) is 5.75 Å². The van der Waals surface area contributed by atoms with E-state index in [0.717, 1.165) is 6.07 Å². The number of nitrogens with zero attached hydrogens (tertiary/aromatic N) is 2. The lowest BCUT2D eigenvalue weighted by Crippen LogP contribution is -2.16. The number of carbonyl (C=O) groups is 2. The zero-order chi connectivity index (χ0) is 14.7. The number of carboxylic acid groups (broad SMARTS) is 1. The predicted molar refractivity (Wildman–Crippen MR) is 69.8 cm³/mol. The summed E-state index contributed by atoms with van der Waals surface area (Å²) in [6.45, 7) is 1.73. The summed E-state index contributed by atoms with van der Waals surface area (Å²) in [5, 5.41) is 20.7. The van der Waals surface area contributed by atoms with E-state index in [1.54, 1.807) is 6.92 Å². The summed E-state index contributed by atoms with van der Waals surface area (Å²) < 4.78 is 0. The number of anilines is 1. The molecular weight excluding hydrogens is 262 g/mol. The van der Waals surface area contributed by atoms with E-state index in [1.165, 1.54) is 24.5 Å². The SMILES string of the molecule is Cc1cnc(C(=O)Nc2ccc(O)cc2C(=O)O)cn1. The highest BCUT2D eigenvalue weighted by Crippen LogP contribution is 2.21. The van der Waals surface area contributed by atoms with Crippen LogP contribution in [0.25, 0.3) is 0 Å². The average Bonchev–Trinajstić information content (AvgIpc) is 2.41. The van der Waals surface area contributed by atoms with E-state index in [-0.39, 0.29) is 22.7 Å². The molecule has 0 aliphatic heterocycles. The molecule has 0 spiro atoms. The summed E-state index contributed by atoms with van der Waals surface area (Å²) >= 11 is 0. The van der Waals surface area contributed by atoms with Crippen LogP contribution < -0.4 is 5.32 Å². The maximum absolute atomic E-state index is 11.9. The van der Waals surface area contributed by atoms with Crippen LogP contribution in [0, 0.1) is 6.92 Å².